The Bertz CT molecular complexity index is 250. The van der Waals surface area contributed by atoms with E-state index in [1.165, 1.54) is 6.42 Å². The van der Waals surface area contributed by atoms with Crippen LogP contribution in [0.5, 0.6) is 0 Å². The molecule has 5 heteroatoms. The lowest BCUT2D eigenvalue weighted by atomic mass is 10.1. The zero-order chi connectivity index (χ0) is 13.9. The number of hydrogen-bond donors (Lipinski definition) is 2. The minimum Gasteiger partial charge on any atom is -0.379 e. The molecule has 1 aliphatic rings. The number of unbranched alkanes of at least 4 members (excludes halogenated alkanes) is 1. The van der Waals surface area contributed by atoms with Gasteiger partial charge in [-0.3, -0.25) is 9.89 Å². The summed E-state index contributed by atoms with van der Waals surface area (Å²) in [5.74, 6) is 1.29. The lowest BCUT2D eigenvalue weighted by Crippen LogP contribution is -2.36. The molecule has 0 saturated carbocycles. The molecule has 0 aromatic heterocycles. The van der Waals surface area contributed by atoms with Crippen LogP contribution in [0.25, 0.3) is 0 Å². The first-order chi connectivity index (χ1) is 9.18. The molecule has 0 spiro atoms. The first kappa shape index (κ1) is 16.2. The molecule has 0 aromatic rings. The first-order valence-electron chi connectivity index (χ1n) is 7.52. The maximum absolute atomic E-state index is 5.80. The molecule has 1 fully saturated rings. The summed E-state index contributed by atoms with van der Waals surface area (Å²) >= 11 is 0. The molecule has 0 unspecified atom stereocenters. The van der Waals surface area contributed by atoms with E-state index in [9.17, 15) is 0 Å². The van der Waals surface area contributed by atoms with Crippen molar-refractivity contribution in [3.63, 3.8) is 0 Å². The average molecular weight is 270 g/mol. The number of nitrogens with two attached hydrogens (primary N) is 1. The molecule has 3 N–H and O–H groups in total. The number of morpholine rings is 1. The molecule has 1 heterocycles. The highest BCUT2D eigenvalue weighted by Crippen LogP contribution is 2.00. The molecule has 19 heavy (non-hydrogen) atoms. The molecule has 0 bridgehead atoms. The predicted octanol–water partition coefficient (Wildman–Crippen LogP) is 1.05. The summed E-state index contributed by atoms with van der Waals surface area (Å²) in [5, 5.41) is 3.16. The second-order valence-electron chi connectivity index (χ2n) is 5.54. The van der Waals surface area contributed by atoms with Crippen LogP contribution in [0.15, 0.2) is 4.99 Å². The summed E-state index contributed by atoms with van der Waals surface area (Å²) in [4.78, 5) is 6.80. The molecule has 0 aromatic carbocycles. The summed E-state index contributed by atoms with van der Waals surface area (Å²) < 4.78 is 5.32. The van der Waals surface area contributed by atoms with Gasteiger partial charge in [-0.25, -0.2) is 0 Å². The van der Waals surface area contributed by atoms with E-state index in [2.05, 4.69) is 29.1 Å². The third kappa shape index (κ3) is 8.83. The van der Waals surface area contributed by atoms with Gasteiger partial charge in [0.1, 0.15) is 0 Å². The maximum Gasteiger partial charge on any atom is 0.188 e. The van der Waals surface area contributed by atoms with E-state index < -0.39 is 0 Å². The predicted molar refractivity (Wildman–Crippen MR) is 80.4 cm³/mol. The Labute approximate surface area is 117 Å². The fourth-order valence-electron chi connectivity index (χ4n) is 2.02. The van der Waals surface area contributed by atoms with Crippen molar-refractivity contribution in [2.75, 3.05) is 45.9 Å². The molecule has 112 valence electrons. The van der Waals surface area contributed by atoms with Gasteiger partial charge in [-0.2, -0.15) is 0 Å². The van der Waals surface area contributed by atoms with E-state index in [4.69, 9.17) is 10.5 Å². The normalized spacial score (nSPS) is 17.9. The van der Waals surface area contributed by atoms with Crippen molar-refractivity contribution in [1.82, 2.24) is 10.2 Å². The second-order valence-corrected chi connectivity index (χ2v) is 5.54. The van der Waals surface area contributed by atoms with E-state index in [0.29, 0.717) is 11.9 Å². The van der Waals surface area contributed by atoms with E-state index in [0.717, 1.165) is 58.8 Å². The standard InChI is InChI=1S/C14H30N4O/c1-13(2)5-7-17-14(15)16-6-3-4-8-18-9-11-19-12-10-18/h13H,3-12H2,1-2H3,(H3,15,16,17). The Kier molecular flexibility index (Phi) is 8.58. The third-order valence-electron chi connectivity index (χ3n) is 3.30. The highest BCUT2D eigenvalue weighted by molar-refractivity contribution is 5.77. The molecule has 0 atom stereocenters. The third-order valence-corrected chi connectivity index (χ3v) is 3.30. The number of nitrogens with zero attached hydrogens (tertiary/aromatic N) is 2. The summed E-state index contributed by atoms with van der Waals surface area (Å²) in [5.41, 5.74) is 5.80. The van der Waals surface area contributed by atoms with Crippen LogP contribution in [-0.2, 0) is 4.74 Å². The number of aliphatic imine (C=N–C) groups is 1. The Morgan fingerprint density at radius 3 is 2.74 bits per heavy atom. The number of nitrogens with one attached hydrogen (secondary N) is 1. The van der Waals surface area contributed by atoms with Gasteiger partial charge in [-0.1, -0.05) is 13.8 Å². The molecular formula is C14H30N4O. The summed E-state index contributed by atoms with van der Waals surface area (Å²) in [6, 6.07) is 0. The van der Waals surface area contributed by atoms with Gasteiger partial charge in [0, 0.05) is 26.2 Å². The Morgan fingerprint density at radius 1 is 1.32 bits per heavy atom. The molecule has 0 radical (unpaired) electrons. The topological polar surface area (TPSA) is 62.9 Å². The van der Waals surface area contributed by atoms with Gasteiger partial charge in [-0.15, -0.1) is 0 Å². The van der Waals surface area contributed by atoms with E-state index in [1.807, 2.05) is 0 Å². The van der Waals surface area contributed by atoms with Gasteiger partial charge in [0.15, 0.2) is 5.96 Å². The lowest BCUT2D eigenvalue weighted by Gasteiger charge is -2.26. The average Bonchev–Trinajstić information content (AvgIpc) is 2.39. The highest BCUT2D eigenvalue weighted by Gasteiger charge is 2.08. The van der Waals surface area contributed by atoms with Gasteiger partial charge >= 0.3 is 0 Å². The fraction of sp³-hybridized carbons (Fsp3) is 0.929. The fourth-order valence-corrected chi connectivity index (χ4v) is 2.02. The van der Waals surface area contributed by atoms with Gasteiger partial charge in [0.25, 0.3) is 0 Å². The minimum atomic E-state index is 0.590. The summed E-state index contributed by atoms with van der Waals surface area (Å²) in [7, 11) is 0. The molecule has 1 saturated heterocycles. The summed E-state index contributed by atoms with van der Waals surface area (Å²) in [6.45, 7) is 11.2. The Balaban J connectivity index is 1.96. The van der Waals surface area contributed by atoms with E-state index in [-0.39, 0.29) is 0 Å². The Morgan fingerprint density at radius 2 is 2.05 bits per heavy atom. The van der Waals surface area contributed by atoms with Crippen molar-refractivity contribution >= 4 is 5.96 Å². The van der Waals surface area contributed by atoms with Crippen LogP contribution >= 0.6 is 0 Å². The lowest BCUT2D eigenvalue weighted by molar-refractivity contribution is 0.0373. The number of rotatable bonds is 8. The van der Waals surface area contributed by atoms with Crippen LogP contribution in [0, 0.1) is 5.92 Å². The largest absolute Gasteiger partial charge is 0.379 e. The van der Waals surface area contributed by atoms with Crippen molar-refractivity contribution in [2.24, 2.45) is 16.6 Å². The van der Waals surface area contributed by atoms with Crippen molar-refractivity contribution in [1.29, 1.82) is 0 Å². The SMILES string of the molecule is CC(C)CCNC(N)=NCCCCN1CCOCC1. The molecule has 0 aliphatic carbocycles. The van der Waals surface area contributed by atoms with Crippen molar-refractivity contribution in [3.8, 4) is 0 Å². The van der Waals surface area contributed by atoms with Crippen LogP contribution < -0.4 is 11.1 Å². The van der Waals surface area contributed by atoms with Gasteiger partial charge in [0.2, 0.25) is 0 Å². The van der Waals surface area contributed by atoms with Crippen molar-refractivity contribution in [2.45, 2.75) is 33.1 Å². The van der Waals surface area contributed by atoms with Crippen LogP contribution in [-0.4, -0.2) is 56.8 Å². The van der Waals surface area contributed by atoms with E-state index in [1.54, 1.807) is 0 Å². The van der Waals surface area contributed by atoms with Gasteiger partial charge in [0.05, 0.1) is 13.2 Å². The van der Waals surface area contributed by atoms with Crippen LogP contribution in [0.3, 0.4) is 0 Å². The quantitative estimate of drug-likeness (QED) is 0.393. The number of guanidine groups is 1. The van der Waals surface area contributed by atoms with Crippen LogP contribution in [0.1, 0.15) is 33.1 Å². The zero-order valence-electron chi connectivity index (χ0n) is 12.5. The van der Waals surface area contributed by atoms with Crippen LogP contribution in [0.4, 0.5) is 0 Å². The van der Waals surface area contributed by atoms with Gasteiger partial charge in [-0.05, 0) is 31.7 Å². The van der Waals surface area contributed by atoms with Crippen LogP contribution in [0.2, 0.25) is 0 Å². The number of hydrogen-bond acceptors (Lipinski definition) is 3. The summed E-state index contributed by atoms with van der Waals surface area (Å²) in [6.07, 6.45) is 3.42. The zero-order valence-corrected chi connectivity index (χ0v) is 12.5. The molecular weight excluding hydrogens is 240 g/mol. The monoisotopic (exact) mass is 270 g/mol. The molecule has 5 nitrogen and oxygen atoms in total. The molecule has 1 aliphatic heterocycles. The molecule has 0 amide bonds. The van der Waals surface area contributed by atoms with Crippen molar-refractivity contribution < 1.29 is 4.74 Å². The smallest absolute Gasteiger partial charge is 0.188 e. The maximum atomic E-state index is 5.80. The minimum absolute atomic E-state index is 0.590. The van der Waals surface area contributed by atoms with Gasteiger partial charge < -0.3 is 15.8 Å². The highest BCUT2D eigenvalue weighted by atomic mass is 16.5. The molecule has 1 rings (SSSR count). The first-order valence-corrected chi connectivity index (χ1v) is 7.52. The number of ether oxygens (including phenoxy) is 1. The Hall–Kier alpha value is -0.810. The van der Waals surface area contributed by atoms with E-state index >= 15 is 0 Å². The van der Waals surface area contributed by atoms with Crippen molar-refractivity contribution in [3.05, 3.63) is 0 Å². The second kappa shape index (κ2) is 10.0.